The van der Waals surface area contributed by atoms with Gasteiger partial charge in [-0.1, -0.05) is 0 Å². The van der Waals surface area contributed by atoms with Gasteiger partial charge in [-0.2, -0.15) is 0 Å². The average Bonchev–Trinajstić information content (AvgIpc) is 2.30. The minimum Gasteiger partial charge on any atom is -0.275 e. The SMILES string of the molecule is C#CC(=O)NN1CC(=O)NC1=O. The molecule has 0 aliphatic carbocycles. The molecular formula is C6H5N3O3. The lowest BCUT2D eigenvalue weighted by atomic mass is 10.6. The van der Waals surface area contributed by atoms with Crippen LogP contribution in [0.3, 0.4) is 0 Å². The zero-order valence-electron chi connectivity index (χ0n) is 5.96. The molecule has 0 aromatic rings. The van der Waals surface area contributed by atoms with Gasteiger partial charge in [0.05, 0.1) is 0 Å². The molecule has 0 spiro atoms. The first-order chi connectivity index (χ1) is 5.63. The minimum absolute atomic E-state index is 0.202. The summed E-state index contributed by atoms with van der Waals surface area (Å²) >= 11 is 0. The van der Waals surface area contributed by atoms with Crippen LogP contribution in [0.4, 0.5) is 4.79 Å². The highest BCUT2D eigenvalue weighted by molar-refractivity contribution is 6.03. The number of hydrazine groups is 1. The zero-order chi connectivity index (χ0) is 9.14. The van der Waals surface area contributed by atoms with Crippen molar-refractivity contribution < 1.29 is 14.4 Å². The van der Waals surface area contributed by atoms with Crippen molar-refractivity contribution in [3.63, 3.8) is 0 Å². The fourth-order valence-corrected chi connectivity index (χ4v) is 0.687. The number of carbonyl (C=O) groups is 3. The Morgan fingerprint density at radius 1 is 1.67 bits per heavy atom. The number of imide groups is 1. The van der Waals surface area contributed by atoms with Crippen molar-refractivity contribution in [2.45, 2.75) is 0 Å². The van der Waals surface area contributed by atoms with Crippen molar-refractivity contribution >= 4 is 17.8 Å². The summed E-state index contributed by atoms with van der Waals surface area (Å²) in [5.41, 5.74) is 2.03. The number of urea groups is 1. The van der Waals surface area contributed by atoms with E-state index in [1.165, 1.54) is 0 Å². The van der Waals surface area contributed by atoms with Crippen molar-refractivity contribution in [1.82, 2.24) is 15.8 Å². The second kappa shape index (κ2) is 2.92. The standard InChI is InChI=1S/C6H5N3O3/c1-2-4(10)8-9-3-5(11)7-6(9)12/h1H,3H2,(H,8,10)(H,7,11,12). The molecule has 0 radical (unpaired) electrons. The predicted octanol–water partition coefficient (Wildman–Crippen LogP) is -1.80. The quantitative estimate of drug-likeness (QED) is 0.357. The van der Waals surface area contributed by atoms with Crippen LogP contribution in [-0.4, -0.2) is 29.4 Å². The maximum atomic E-state index is 10.7. The summed E-state index contributed by atoms with van der Waals surface area (Å²) in [5, 5.41) is 2.77. The van der Waals surface area contributed by atoms with E-state index in [1.807, 2.05) is 10.7 Å². The van der Waals surface area contributed by atoms with Crippen LogP contribution in [-0.2, 0) is 9.59 Å². The second-order valence-corrected chi connectivity index (χ2v) is 2.02. The van der Waals surface area contributed by atoms with Crippen molar-refractivity contribution in [1.29, 1.82) is 0 Å². The highest BCUT2D eigenvalue weighted by Crippen LogP contribution is 1.92. The molecule has 1 fully saturated rings. The van der Waals surface area contributed by atoms with Crippen LogP contribution >= 0.6 is 0 Å². The van der Waals surface area contributed by atoms with E-state index in [0.29, 0.717) is 0 Å². The molecule has 1 saturated heterocycles. The van der Waals surface area contributed by atoms with E-state index in [4.69, 9.17) is 6.42 Å². The summed E-state index contributed by atoms with van der Waals surface area (Å²) in [6, 6.07) is -0.677. The Bertz CT molecular complexity index is 291. The van der Waals surface area contributed by atoms with E-state index >= 15 is 0 Å². The maximum Gasteiger partial charge on any atom is 0.343 e. The summed E-state index contributed by atoms with van der Waals surface area (Å²) in [7, 11) is 0. The van der Waals surface area contributed by atoms with Gasteiger partial charge in [0.2, 0.25) is 5.91 Å². The Kier molecular flexibility index (Phi) is 1.96. The number of terminal acetylenes is 1. The summed E-state index contributed by atoms with van der Waals surface area (Å²) < 4.78 is 0. The first-order valence-electron chi connectivity index (χ1n) is 3.02. The minimum atomic E-state index is -0.764. The largest absolute Gasteiger partial charge is 0.343 e. The lowest BCUT2D eigenvalue weighted by Crippen LogP contribution is -2.43. The van der Waals surface area contributed by atoms with Gasteiger partial charge in [-0.25, -0.2) is 9.80 Å². The molecule has 0 atom stereocenters. The van der Waals surface area contributed by atoms with Crippen LogP contribution in [0.1, 0.15) is 0 Å². The van der Waals surface area contributed by atoms with Gasteiger partial charge >= 0.3 is 11.9 Å². The van der Waals surface area contributed by atoms with Crippen LogP contribution in [0, 0.1) is 12.3 Å². The fourth-order valence-electron chi connectivity index (χ4n) is 0.687. The van der Waals surface area contributed by atoms with E-state index in [2.05, 4.69) is 0 Å². The molecular weight excluding hydrogens is 162 g/mol. The van der Waals surface area contributed by atoms with Gasteiger partial charge in [-0.15, -0.1) is 6.42 Å². The van der Waals surface area contributed by atoms with Gasteiger partial charge in [0.25, 0.3) is 0 Å². The third-order valence-corrected chi connectivity index (χ3v) is 1.16. The summed E-state index contributed by atoms with van der Waals surface area (Å²) in [6.07, 6.45) is 4.72. The number of amides is 4. The van der Waals surface area contributed by atoms with E-state index in [0.717, 1.165) is 5.01 Å². The molecule has 1 rings (SSSR count). The topological polar surface area (TPSA) is 78.5 Å². The maximum absolute atomic E-state index is 10.7. The van der Waals surface area contributed by atoms with Crippen LogP contribution in [0.25, 0.3) is 0 Å². The number of hydrogen-bond donors (Lipinski definition) is 2. The van der Waals surface area contributed by atoms with Crippen LogP contribution in [0.5, 0.6) is 0 Å². The van der Waals surface area contributed by atoms with Crippen molar-refractivity contribution in [3.05, 3.63) is 0 Å². The Balaban J connectivity index is 2.55. The average molecular weight is 167 g/mol. The molecule has 12 heavy (non-hydrogen) atoms. The van der Waals surface area contributed by atoms with E-state index in [-0.39, 0.29) is 6.54 Å². The first-order valence-corrected chi connectivity index (χ1v) is 3.02. The molecule has 6 nitrogen and oxygen atoms in total. The third-order valence-electron chi connectivity index (χ3n) is 1.16. The van der Waals surface area contributed by atoms with E-state index in [9.17, 15) is 14.4 Å². The summed E-state index contributed by atoms with van der Waals surface area (Å²) in [4.78, 5) is 31.8. The zero-order valence-corrected chi connectivity index (χ0v) is 5.96. The van der Waals surface area contributed by atoms with Crippen LogP contribution < -0.4 is 10.7 Å². The predicted molar refractivity (Wildman–Crippen MR) is 37.2 cm³/mol. The highest BCUT2D eigenvalue weighted by Gasteiger charge is 2.27. The summed E-state index contributed by atoms with van der Waals surface area (Å²) in [5.74, 6) is 0.505. The number of carbonyl (C=O) groups excluding carboxylic acids is 3. The Morgan fingerprint density at radius 3 is 2.75 bits per heavy atom. The third kappa shape index (κ3) is 1.52. The Hall–Kier alpha value is -2.03. The smallest absolute Gasteiger partial charge is 0.275 e. The van der Waals surface area contributed by atoms with Crippen LogP contribution in [0.2, 0.25) is 0 Å². The normalized spacial score (nSPS) is 15.4. The van der Waals surface area contributed by atoms with Gasteiger partial charge in [-0.3, -0.25) is 20.3 Å². The number of nitrogens with zero attached hydrogens (tertiary/aromatic N) is 1. The van der Waals surface area contributed by atoms with Gasteiger partial charge < -0.3 is 0 Å². The Labute approximate surface area is 67.9 Å². The Morgan fingerprint density at radius 2 is 2.33 bits per heavy atom. The van der Waals surface area contributed by atoms with E-state index in [1.54, 1.807) is 5.92 Å². The van der Waals surface area contributed by atoms with Crippen LogP contribution in [0.15, 0.2) is 0 Å². The number of hydrogen-bond acceptors (Lipinski definition) is 3. The van der Waals surface area contributed by atoms with Crippen molar-refractivity contribution in [2.24, 2.45) is 0 Å². The molecule has 1 aliphatic heterocycles. The molecule has 1 heterocycles. The summed E-state index contributed by atoms with van der Waals surface area (Å²) in [6.45, 7) is -0.202. The van der Waals surface area contributed by atoms with Gasteiger partial charge in [0.1, 0.15) is 6.54 Å². The van der Waals surface area contributed by atoms with E-state index < -0.39 is 17.8 Å². The lowest BCUT2D eigenvalue weighted by molar-refractivity contribution is -0.120. The van der Waals surface area contributed by atoms with Crippen molar-refractivity contribution in [2.75, 3.05) is 6.54 Å². The second-order valence-electron chi connectivity index (χ2n) is 2.02. The molecule has 0 aromatic heterocycles. The van der Waals surface area contributed by atoms with Crippen molar-refractivity contribution in [3.8, 4) is 12.3 Å². The van der Waals surface area contributed by atoms with Gasteiger partial charge in [0.15, 0.2) is 0 Å². The molecule has 62 valence electrons. The molecule has 0 saturated carbocycles. The monoisotopic (exact) mass is 167 g/mol. The molecule has 0 bridgehead atoms. The number of rotatable bonds is 1. The molecule has 6 heteroatoms. The molecule has 4 amide bonds. The molecule has 0 unspecified atom stereocenters. The lowest BCUT2D eigenvalue weighted by Gasteiger charge is -2.10. The first kappa shape index (κ1) is 8.07. The van der Waals surface area contributed by atoms with Gasteiger partial charge in [-0.05, 0) is 5.92 Å². The molecule has 1 aliphatic rings. The van der Waals surface area contributed by atoms with Gasteiger partial charge in [0, 0.05) is 0 Å². The molecule has 2 N–H and O–H groups in total. The molecule has 0 aromatic carbocycles. The highest BCUT2D eigenvalue weighted by atomic mass is 16.2. The fraction of sp³-hybridized carbons (Fsp3) is 0.167. The number of nitrogens with one attached hydrogen (secondary N) is 2.